The van der Waals surface area contributed by atoms with Crippen LogP contribution in [0.5, 0.6) is 0 Å². The van der Waals surface area contributed by atoms with E-state index in [1.54, 1.807) is 0 Å². The molecule has 21 heavy (non-hydrogen) atoms. The average molecular weight is 277 g/mol. The fourth-order valence-electron chi connectivity index (χ4n) is 2.73. The lowest BCUT2D eigenvalue weighted by Gasteiger charge is -2.18. The van der Waals surface area contributed by atoms with Crippen molar-refractivity contribution in [2.75, 3.05) is 5.32 Å². The van der Waals surface area contributed by atoms with Crippen molar-refractivity contribution in [1.82, 2.24) is 0 Å². The van der Waals surface area contributed by atoms with E-state index >= 15 is 0 Å². The summed E-state index contributed by atoms with van der Waals surface area (Å²) in [6, 6.07) is 18.1. The topological polar surface area (TPSA) is 29.1 Å². The van der Waals surface area contributed by atoms with Crippen LogP contribution in [0.15, 0.2) is 66.7 Å². The standard InChI is InChI=1S/C19H19NO/c21-19(16-11-5-2-6-12-16)20-18-14-8-7-13-17(18)15-9-3-1-4-10-15/h1-5,7-10,13-14,16H,6,11-12H2,(H,20,21)/t16-/m0/s1. The highest BCUT2D eigenvalue weighted by Gasteiger charge is 2.19. The van der Waals surface area contributed by atoms with Crippen molar-refractivity contribution in [2.45, 2.75) is 19.3 Å². The Bertz CT molecular complexity index is 646. The Hall–Kier alpha value is -2.35. The number of amides is 1. The molecule has 106 valence electrons. The van der Waals surface area contributed by atoms with Crippen LogP contribution in [0.25, 0.3) is 11.1 Å². The molecule has 0 spiro atoms. The third-order valence-corrected chi connectivity index (χ3v) is 3.91. The average Bonchev–Trinajstić information content (AvgIpc) is 2.57. The minimum atomic E-state index is 0.0961. The molecule has 0 saturated carbocycles. The number of carbonyl (C=O) groups excluding carboxylic acids is 1. The molecule has 0 radical (unpaired) electrons. The summed E-state index contributed by atoms with van der Waals surface area (Å²) in [5.74, 6) is 0.224. The molecular weight excluding hydrogens is 258 g/mol. The van der Waals surface area contributed by atoms with E-state index in [1.807, 2.05) is 42.5 Å². The maximum atomic E-state index is 12.4. The molecule has 2 aromatic carbocycles. The molecule has 2 nitrogen and oxygen atoms in total. The third kappa shape index (κ3) is 3.22. The van der Waals surface area contributed by atoms with Crippen molar-refractivity contribution in [3.63, 3.8) is 0 Å². The number of nitrogens with one attached hydrogen (secondary N) is 1. The smallest absolute Gasteiger partial charge is 0.227 e. The molecule has 0 bridgehead atoms. The normalized spacial score (nSPS) is 17.4. The number of anilines is 1. The first-order chi connectivity index (χ1) is 10.3. The first-order valence-corrected chi connectivity index (χ1v) is 7.45. The number of rotatable bonds is 3. The van der Waals surface area contributed by atoms with Gasteiger partial charge in [-0.05, 0) is 30.9 Å². The first kappa shape index (κ1) is 13.6. The van der Waals surface area contributed by atoms with E-state index in [-0.39, 0.29) is 11.8 Å². The Kier molecular flexibility index (Phi) is 4.15. The number of para-hydroxylation sites is 1. The van der Waals surface area contributed by atoms with Crippen LogP contribution in [-0.2, 0) is 4.79 Å². The van der Waals surface area contributed by atoms with Crippen LogP contribution in [0.1, 0.15) is 19.3 Å². The van der Waals surface area contributed by atoms with Gasteiger partial charge >= 0.3 is 0 Å². The minimum absolute atomic E-state index is 0.0961. The summed E-state index contributed by atoms with van der Waals surface area (Å²) in [5.41, 5.74) is 3.08. The lowest BCUT2D eigenvalue weighted by Crippen LogP contribution is -2.23. The van der Waals surface area contributed by atoms with Crippen LogP contribution in [0.2, 0.25) is 0 Å². The van der Waals surface area contributed by atoms with Crippen LogP contribution in [0, 0.1) is 5.92 Å². The Morgan fingerprint density at radius 3 is 2.48 bits per heavy atom. The summed E-state index contributed by atoms with van der Waals surface area (Å²) < 4.78 is 0. The van der Waals surface area contributed by atoms with Crippen LogP contribution < -0.4 is 5.32 Å². The summed E-state index contributed by atoms with van der Waals surface area (Å²) in [5, 5.41) is 3.11. The van der Waals surface area contributed by atoms with Gasteiger partial charge in [0.2, 0.25) is 5.91 Å². The molecule has 1 atom stereocenters. The van der Waals surface area contributed by atoms with Gasteiger partial charge in [0.15, 0.2) is 0 Å². The molecule has 1 aliphatic rings. The summed E-state index contributed by atoms with van der Waals surface area (Å²) in [4.78, 5) is 12.4. The fraction of sp³-hybridized carbons (Fsp3) is 0.211. The molecule has 0 aliphatic heterocycles. The van der Waals surface area contributed by atoms with Crippen molar-refractivity contribution in [1.29, 1.82) is 0 Å². The number of carbonyl (C=O) groups is 1. The summed E-state index contributed by atoms with van der Waals surface area (Å²) in [6.07, 6.45) is 7.05. The second-order valence-corrected chi connectivity index (χ2v) is 5.38. The number of allylic oxidation sites excluding steroid dienone is 2. The van der Waals surface area contributed by atoms with Gasteiger partial charge in [0.1, 0.15) is 0 Å². The maximum absolute atomic E-state index is 12.4. The van der Waals surface area contributed by atoms with Gasteiger partial charge in [0, 0.05) is 17.2 Å². The predicted octanol–water partition coefficient (Wildman–Crippen LogP) is 4.65. The van der Waals surface area contributed by atoms with E-state index < -0.39 is 0 Å². The molecule has 0 heterocycles. The quantitative estimate of drug-likeness (QED) is 0.813. The maximum Gasteiger partial charge on any atom is 0.227 e. The zero-order chi connectivity index (χ0) is 14.5. The van der Waals surface area contributed by atoms with E-state index in [2.05, 4.69) is 29.6 Å². The van der Waals surface area contributed by atoms with E-state index in [0.717, 1.165) is 36.1 Å². The Morgan fingerprint density at radius 2 is 1.71 bits per heavy atom. The second-order valence-electron chi connectivity index (χ2n) is 5.38. The largest absolute Gasteiger partial charge is 0.325 e. The van der Waals surface area contributed by atoms with Gasteiger partial charge in [0.25, 0.3) is 0 Å². The number of hydrogen-bond acceptors (Lipinski definition) is 1. The molecule has 0 saturated heterocycles. The van der Waals surface area contributed by atoms with Crippen molar-refractivity contribution >= 4 is 11.6 Å². The SMILES string of the molecule is O=C(Nc1ccccc1-c1ccccc1)[C@H]1CC=CCC1. The second kappa shape index (κ2) is 6.40. The summed E-state index contributed by atoms with van der Waals surface area (Å²) in [6.45, 7) is 0. The predicted molar refractivity (Wildman–Crippen MR) is 87.0 cm³/mol. The lowest BCUT2D eigenvalue weighted by molar-refractivity contribution is -0.120. The van der Waals surface area contributed by atoms with Gasteiger partial charge in [-0.25, -0.2) is 0 Å². The van der Waals surface area contributed by atoms with Crippen LogP contribution in [0.4, 0.5) is 5.69 Å². The molecule has 2 heteroatoms. The van der Waals surface area contributed by atoms with E-state index in [1.165, 1.54) is 0 Å². The molecule has 1 N–H and O–H groups in total. The fourth-order valence-corrected chi connectivity index (χ4v) is 2.73. The third-order valence-electron chi connectivity index (χ3n) is 3.91. The number of benzene rings is 2. The van der Waals surface area contributed by atoms with Crippen molar-refractivity contribution in [3.05, 3.63) is 66.7 Å². The Morgan fingerprint density at radius 1 is 0.952 bits per heavy atom. The molecule has 0 unspecified atom stereocenters. The van der Waals surface area contributed by atoms with E-state index in [4.69, 9.17) is 0 Å². The van der Waals surface area contributed by atoms with Crippen molar-refractivity contribution in [2.24, 2.45) is 5.92 Å². The highest BCUT2D eigenvalue weighted by atomic mass is 16.1. The van der Waals surface area contributed by atoms with Crippen LogP contribution in [0.3, 0.4) is 0 Å². The van der Waals surface area contributed by atoms with Gasteiger partial charge in [-0.2, -0.15) is 0 Å². The molecule has 1 aliphatic carbocycles. The molecule has 0 aromatic heterocycles. The minimum Gasteiger partial charge on any atom is -0.325 e. The molecule has 3 rings (SSSR count). The Labute approximate surface area is 125 Å². The van der Waals surface area contributed by atoms with Crippen LogP contribution >= 0.6 is 0 Å². The highest BCUT2D eigenvalue weighted by Crippen LogP contribution is 2.29. The van der Waals surface area contributed by atoms with Gasteiger partial charge in [-0.3, -0.25) is 4.79 Å². The summed E-state index contributed by atoms with van der Waals surface area (Å²) in [7, 11) is 0. The monoisotopic (exact) mass is 277 g/mol. The zero-order valence-electron chi connectivity index (χ0n) is 12.0. The van der Waals surface area contributed by atoms with Gasteiger partial charge < -0.3 is 5.32 Å². The van der Waals surface area contributed by atoms with E-state index in [0.29, 0.717) is 0 Å². The number of hydrogen-bond donors (Lipinski definition) is 1. The van der Waals surface area contributed by atoms with Crippen LogP contribution in [-0.4, -0.2) is 5.91 Å². The molecule has 2 aromatic rings. The molecular formula is C19H19NO. The van der Waals surface area contributed by atoms with E-state index in [9.17, 15) is 4.79 Å². The highest BCUT2D eigenvalue weighted by molar-refractivity contribution is 5.96. The zero-order valence-corrected chi connectivity index (χ0v) is 12.0. The first-order valence-electron chi connectivity index (χ1n) is 7.45. The van der Waals surface area contributed by atoms with Gasteiger partial charge in [-0.1, -0.05) is 60.7 Å². The van der Waals surface area contributed by atoms with Gasteiger partial charge in [-0.15, -0.1) is 0 Å². The molecule has 1 amide bonds. The lowest BCUT2D eigenvalue weighted by atomic mass is 9.93. The van der Waals surface area contributed by atoms with Crippen molar-refractivity contribution < 1.29 is 4.79 Å². The van der Waals surface area contributed by atoms with Gasteiger partial charge in [0.05, 0.1) is 0 Å². The Balaban J connectivity index is 1.83. The van der Waals surface area contributed by atoms with Crippen molar-refractivity contribution in [3.8, 4) is 11.1 Å². The molecule has 0 fully saturated rings. The summed E-state index contributed by atoms with van der Waals surface area (Å²) >= 11 is 0.